The normalized spacial score (nSPS) is 13.5. The van der Waals surface area contributed by atoms with Gasteiger partial charge in [0, 0.05) is 6.07 Å². The zero-order chi connectivity index (χ0) is 10.7. The van der Waals surface area contributed by atoms with Crippen molar-refractivity contribution in [1.29, 1.82) is 0 Å². The van der Waals surface area contributed by atoms with Crippen LogP contribution >= 0.6 is 0 Å². The van der Waals surface area contributed by atoms with E-state index in [1.807, 2.05) is 17.7 Å². The van der Waals surface area contributed by atoms with Gasteiger partial charge in [-0.1, -0.05) is 13.8 Å². The number of nitrogen functional groups attached to an aromatic ring is 1. The predicted molar refractivity (Wildman–Crippen MR) is 60.2 cm³/mol. The molecule has 2 N–H and O–H groups in total. The molecule has 0 aliphatic carbocycles. The minimum Gasteiger partial charge on any atom is -0.384 e. The van der Waals surface area contributed by atoms with Gasteiger partial charge in [0.2, 0.25) is 0 Å². The Bertz CT molecular complexity index is 289. The number of nitrogens with two attached hydrogens (primary N) is 1. The number of nitrogens with zero attached hydrogens (tertiary/aromatic N) is 2. The van der Waals surface area contributed by atoms with Crippen molar-refractivity contribution < 1.29 is 0 Å². The lowest BCUT2D eigenvalue weighted by Crippen LogP contribution is -2.11. The van der Waals surface area contributed by atoms with Crippen LogP contribution in [0.5, 0.6) is 0 Å². The summed E-state index contributed by atoms with van der Waals surface area (Å²) in [4.78, 5) is 0. The quantitative estimate of drug-likeness (QED) is 0.802. The smallest absolute Gasteiger partial charge is 0.122 e. The van der Waals surface area contributed by atoms with Gasteiger partial charge in [0.15, 0.2) is 0 Å². The molecule has 0 aromatic carbocycles. The lowest BCUT2D eigenvalue weighted by atomic mass is 10.0. The van der Waals surface area contributed by atoms with Crippen LogP contribution in [0.1, 0.15) is 45.3 Å². The average Bonchev–Trinajstić information content (AvgIpc) is 2.41. The third-order valence-electron chi connectivity index (χ3n) is 2.47. The first-order chi connectivity index (χ1) is 6.50. The van der Waals surface area contributed by atoms with Gasteiger partial charge in [0.05, 0.1) is 11.7 Å². The molecule has 0 bridgehead atoms. The van der Waals surface area contributed by atoms with Gasteiger partial charge in [-0.15, -0.1) is 0 Å². The molecule has 0 aliphatic rings. The highest BCUT2D eigenvalue weighted by atomic mass is 15.3. The molecule has 80 valence electrons. The summed E-state index contributed by atoms with van der Waals surface area (Å²) in [5.41, 5.74) is 6.85. The molecule has 0 amide bonds. The second-order valence-electron chi connectivity index (χ2n) is 4.48. The van der Waals surface area contributed by atoms with Crippen molar-refractivity contribution in [2.24, 2.45) is 5.92 Å². The standard InChI is InChI=1S/C11H21N3/c1-8(2)5-6-10(4)14-11(12)7-9(3)13-14/h7-8,10H,5-6,12H2,1-4H3. The molecule has 3 heteroatoms. The molecule has 1 aromatic rings. The van der Waals surface area contributed by atoms with Crippen LogP contribution in [0.2, 0.25) is 0 Å². The highest BCUT2D eigenvalue weighted by Gasteiger charge is 2.10. The SMILES string of the molecule is Cc1cc(N)n(C(C)CCC(C)C)n1. The maximum absolute atomic E-state index is 5.85. The van der Waals surface area contributed by atoms with E-state index in [1.54, 1.807) is 0 Å². The summed E-state index contributed by atoms with van der Waals surface area (Å²) in [6, 6.07) is 2.33. The fourth-order valence-corrected chi connectivity index (χ4v) is 1.59. The second kappa shape index (κ2) is 4.49. The van der Waals surface area contributed by atoms with E-state index in [2.05, 4.69) is 25.9 Å². The van der Waals surface area contributed by atoms with Crippen molar-refractivity contribution in [3.05, 3.63) is 11.8 Å². The second-order valence-corrected chi connectivity index (χ2v) is 4.48. The number of aromatic nitrogens is 2. The van der Waals surface area contributed by atoms with Crippen molar-refractivity contribution in [3.8, 4) is 0 Å². The maximum atomic E-state index is 5.85. The molecule has 0 spiro atoms. The van der Waals surface area contributed by atoms with E-state index in [4.69, 9.17) is 5.73 Å². The summed E-state index contributed by atoms with van der Waals surface area (Å²) >= 11 is 0. The summed E-state index contributed by atoms with van der Waals surface area (Å²) in [6.07, 6.45) is 2.36. The van der Waals surface area contributed by atoms with Crippen LogP contribution in [0.25, 0.3) is 0 Å². The molecule has 14 heavy (non-hydrogen) atoms. The van der Waals surface area contributed by atoms with Gasteiger partial charge in [0.1, 0.15) is 5.82 Å². The van der Waals surface area contributed by atoms with Crippen LogP contribution in [0.4, 0.5) is 5.82 Å². The molecular formula is C11H21N3. The van der Waals surface area contributed by atoms with Crippen molar-refractivity contribution in [2.75, 3.05) is 5.73 Å². The highest BCUT2D eigenvalue weighted by Crippen LogP contribution is 2.19. The summed E-state index contributed by atoms with van der Waals surface area (Å²) < 4.78 is 1.93. The van der Waals surface area contributed by atoms with Crippen LogP contribution in [-0.2, 0) is 0 Å². The Hall–Kier alpha value is -0.990. The summed E-state index contributed by atoms with van der Waals surface area (Å²) in [6.45, 7) is 8.63. The van der Waals surface area contributed by atoms with Gasteiger partial charge >= 0.3 is 0 Å². The summed E-state index contributed by atoms with van der Waals surface area (Å²) in [5.74, 6) is 1.52. The summed E-state index contributed by atoms with van der Waals surface area (Å²) in [5, 5.41) is 4.38. The van der Waals surface area contributed by atoms with Crippen molar-refractivity contribution >= 4 is 5.82 Å². The number of aryl methyl sites for hydroxylation is 1. The Balaban J connectivity index is 2.60. The predicted octanol–water partition coefficient (Wildman–Crippen LogP) is 2.77. The molecule has 0 radical (unpaired) electrons. The number of hydrogen-bond donors (Lipinski definition) is 1. The first-order valence-corrected chi connectivity index (χ1v) is 5.32. The van der Waals surface area contributed by atoms with E-state index in [1.165, 1.54) is 6.42 Å². The molecule has 1 aromatic heterocycles. The van der Waals surface area contributed by atoms with Gasteiger partial charge < -0.3 is 5.73 Å². The fourth-order valence-electron chi connectivity index (χ4n) is 1.59. The zero-order valence-corrected chi connectivity index (χ0v) is 9.62. The molecule has 0 fully saturated rings. The molecule has 3 nitrogen and oxygen atoms in total. The van der Waals surface area contributed by atoms with Crippen molar-refractivity contribution in [1.82, 2.24) is 9.78 Å². The fraction of sp³-hybridized carbons (Fsp3) is 0.727. The molecule has 1 heterocycles. The zero-order valence-electron chi connectivity index (χ0n) is 9.62. The van der Waals surface area contributed by atoms with Gasteiger partial charge in [-0.25, -0.2) is 4.68 Å². The molecule has 0 saturated carbocycles. The van der Waals surface area contributed by atoms with Crippen LogP contribution < -0.4 is 5.73 Å². The molecular weight excluding hydrogens is 174 g/mol. The first-order valence-electron chi connectivity index (χ1n) is 5.32. The van der Waals surface area contributed by atoms with Gasteiger partial charge in [-0.3, -0.25) is 0 Å². The molecule has 1 rings (SSSR count). The highest BCUT2D eigenvalue weighted by molar-refractivity contribution is 5.30. The largest absolute Gasteiger partial charge is 0.384 e. The number of anilines is 1. The van der Waals surface area contributed by atoms with E-state index in [0.29, 0.717) is 6.04 Å². The van der Waals surface area contributed by atoms with Gasteiger partial charge in [0.25, 0.3) is 0 Å². The topological polar surface area (TPSA) is 43.8 Å². The van der Waals surface area contributed by atoms with Gasteiger partial charge in [-0.2, -0.15) is 5.10 Å². The molecule has 0 saturated heterocycles. The average molecular weight is 195 g/mol. The van der Waals surface area contributed by atoms with Crippen molar-refractivity contribution in [2.45, 2.75) is 46.6 Å². The maximum Gasteiger partial charge on any atom is 0.122 e. The van der Waals surface area contributed by atoms with E-state index < -0.39 is 0 Å². The number of rotatable bonds is 4. The molecule has 1 atom stereocenters. The Morgan fingerprint density at radius 1 is 1.36 bits per heavy atom. The monoisotopic (exact) mass is 195 g/mol. The van der Waals surface area contributed by atoms with Crippen LogP contribution in [0.3, 0.4) is 0 Å². The van der Waals surface area contributed by atoms with Gasteiger partial charge in [-0.05, 0) is 32.6 Å². The third-order valence-corrected chi connectivity index (χ3v) is 2.47. The molecule has 0 aliphatic heterocycles. The Morgan fingerprint density at radius 3 is 2.43 bits per heavy atom. The van der Waals surface area contributed by atoms with Crippen LogP contribution in [-0.4, -0.2) is 9.78 Å². The van der Waals surface area contributed by atoms with E-state index >= 15 is 0 Å². The minimum atomic E-state index is 0.408. The van der Waals surface area contributed by atoms with Crippen LogP contribution in [0, 0.1) is 12.8 Å². The van der Waals surface area contributed by atoms with E-state index in [9.17, 15) is 0 Å². The Labute approximate surface area is 86.3 Å². The van der Waals surface area contributed by atoms with E-state index in [-0.39, 0.29) is 0 Å². The van der Waals surface area contributed by atoms with Crippen LogP contribution in [0.15, 0.2) is 6.07 Å². The Morgan fingerprint density at radius 2 is 2.00 bits per heavy atom. The first kappa shape index (κ1) is 11.1. The third kappa shape index (κ3) is 2.76. The van der Waals surface area contributed by atoms with Crippen molar-refractivity contribution in [3.63, 3.8) is 0 Å². The molecule has 1 unspecified atom stereocenters. The minimum absolute atomic E-state index is 0.408. The lowest BCUT2D eigenvalue weighted by molar-refractivity contribution is 0.414. The summed E-state index contributed by atoms with van der Waals surface area (Å²) in [7, 11) is 0. The lowest BCUT2D eigenvalue weighted by Gasteiger charge is -2.14. The number of hydrogen-bond acceptors (Lipinski definition) is 2. The van der Waals surface area contributed by atoms with E-state index in [0.717, 1.165) is 23.9 Å². The Kier molecular flexibility index (Phi) is 3.55.